The summed E-state index contributed by atoms with van der Waals surface area (Å²) in [5.41, 5.74) is -3.19. The molecule has 1 saturated heterocycles. The number of alkyl halides is 3. The number of anilines is 1. The molecule has 3 aromatic rings. The molecule has 1 aliphatic heterocycles. The maximum absolute atomic E-state index is 13.6. The fraction of sp³-hybridized carbons (Fsp3) is 0.375. The van der Waals surface area contributed by atoms with Crippen LogP contribution in [0.3, 0.4) is 0 Å². The van der Waals surface area contributed by atoms with Gasteiger partial charge in [-0.1, -0.05) is 36.4 Å². The molecule has 0 aromatic heterocycles. The third-order valence-electron chi connectivity index (χ3n) is 7.93. The molecule has 0 saturated carbocycles. The van der Waals surface area contributed by atoms with Crippen molar-refractivity contribution in [1.82, 2.24) is 4.31 Å². The second-order valence-electron chi connectivity index (χ2n) is 11.4. The second-order valence-corrected chi connectivity index (χ2v) is 15.0. The van der Waals surface area contributed by atoms with Gasteiger partial charge < -0.3 is 13.8 Å². The minimum atomic E-state index is -5.89. The molecule has 260 valence electrons. The number of halogens is 4. The van der Waals surface area contributed by atoms with E-state index in [1.807, 2.05) is 0 Å². The van der Waals surface area contributed by atoms with Crippen molar-refractivity contribution in [2.45, 2.75) is 50.3 Å². The van der Waals surface area contributed by atoms with Crippen LogP contribution >= 0.6 is 0 Å². The van der Waals surface area contributed by atoms with Crippen molar-refractivity contribution in [2.24, 2.45) is 5.92 Å². The highest BCUT2D eigenvalue weighted by Crippen LogP contribution is 2.47. The predicted molar refractivity (Wildman–Crippen MR) is 168 cm³/mol. The van der Waals surface area contributed by atoms with Gasteiger partial charge in [0.15, 0.2) is 0 Å². The van der Waals surface area contributed by atoms with Gasteiger partial charge in [-0.3, -0.25) is 9.59 Å². The number of nitrogens with zero attached hydrogens (tertiary/aromatic N) is 2. The molecule has 16 heteroatoms. The largest absolute Gasteiger partial charge is 0.534 e. The Balaban J connectivity index is 1.57. The molecule has 0 N–H and O–H groups in total. The van der Waals surface area contributed by atoms with E-state index in [1.165, 1.54) is 59.6 Å². The summed E-state index contributed by atoms with van der Waals surface area (Å²) < 4.78 is 109. The zero-order chi connectivity index (χ0) is 35.4. The van der Waals surface area contributed by atoms with E-state index in [9.17, 15) is 44.0 Å². The van der Waals surface area contributed by atoms with Crippen LogP contribution in [-0.4, -0.2) is 58.4 Å². The van der Waals surface area contributed by atoms with Crippen LogP contribution in [0.15, 0.2) is 72.8 Å². The van der Waals surface area contributed by atoms with E-state index >= 15 is 0 Å². The molecule has 3 atom stereocenters. The first kappa shape index (κ1) is 36.8. The van der Waals surface area contributed by atoms with Crippen molar-refractivity contribution in [3.8, 4) is 5.75 Å². The summed E-state index contributed by atoms with van der Waals surface area (Å²) in [5, 5.41) is 0. The third-order valence-corrected chi connectivity index (χ3v) is 10.2. The number of aryl methyl sites for hydroxylation is 1. The lowest BCUT2D eigenvalue weighted by atomic mass is 9.78. The number of esters is 1. The number of hydrogen-bond donors (Lipinski definition) is 0. The molecule has 1 aliphatic rings. The Labute approximate surface area is 276 Å². The summed E-state index contributed by atoms with van der Waals surface area (Å²) in [7, 11) is -7.70. The molecule has 3 aromatic carbocycles. The maximum atomic E-state index is 13.6. The normalized spacial score (nSPS) is 17.6. The first-order valence-electron chi connectivity index (χ1n) is 14.7. The van der Waals surface area contributed by atoms with Crippen molar-refractivity contribution in [3.63, 3.8) is 0 Å². The van der Waals surface area contributed by atoms with E-state index in [2.05, 4.69) is 4.18 Å². The number of hydrogen-bond acceptors (Lipinski definition) is 8. The molecule has 0 radical (unpaired) electrons. The number of rotatable bonds is 14. The van der Waals surface area contributed by atoms with Crippen LogP contribution in [0, 0.1) is 11.7 Å². The molecule has 0 aliphatic carbocycles. The summed E-state index contributed by atoms with van der Waals surface area (Å²) in [6, 6.07) is 16.7. The van der Waals surface area contributed by atoms with Gasteiger partial charge in [0, 0.05) is 26.2 Å². The van der Waals surface area contributed by atoms with Crippen molar-refractivity contribution in [2.75, 3.05) is 24.7 Å². The Morgan fingerprint density at radius 2 is 1.56 bits per heavy atom. The number of amides is 1. The van der Waals surface area contributed by atoms with Crippen molar-refractivity contribution in [1.29, 1.82) is 0 Å². The average Bonchev–Trinajstić information content (AvgIpc) is 2.99. The third kappa shape index (κ3) is 8.90. The molecule has 1 unspecified atom stereocenters. The molecular weight excluding hydrogens is 680 g/mol. The van der Waals surface area contributed by atoms with E-state index in [4.69, 9.17) is 4.74 Å². The van der Waals surface area contributed by atoms with Gasteiger partial charge >= 0.3 is 21.6 Å². The highest BCUT2D eigenvalue weighted by atomic mass is 32.2. The molecule has 1 fully saturated rings. The first-order valence-corrected chi connectivity index (χ1v) is 18.0. The minimum absolute atomic E-state index is 0.192. The average molecular weight is 715 g/mol. The molecule has 0 bridgehead atoms. The number of ether oxygens (including phenoxy) is 1. The lowest BCUT2D eigenvalue weighted by molar-refractivity contribution is -0.147. The number of benzene rings is 3. The molecule has 1 amide bonds. The summed E-state index contributed by atoms with van der Waals surface area (Å²) in [6.45, 7) is 1.55. The van der Waals surface area contributed by atoms with Gasteiger partial charge in [-0.05, 0) is 78.8 Å². The fourth-order valence-electron chi connectivity index (χ4n) is 5.39. The zero-order valence-electron chi connectivity index (χ0n) is 26.2. The van der Waals surface area contributed by atoms with Crippen molar-refractivity contribution < 1.29 is 52.9 Å². The number of β-lactam (4-membered cyclic amide) rings is 1. The van der Waals surface area contributed by atoms with Crippen LogP contribution in [0.2, 0.25) is 0 Å². The standard InChI is InChI=1S/C32H34F4N2O8S2/c1-21(39)45-29(23-8-12-25(33)13-9-23)19-18-28-30(24-10-16-27(17-11-24)46-48(43,44)32(34,35)36)38(31(28)40)26-14-6-22(7-15-26)5-4-20-37(2)47(3,41)42/h6-17,28-30H,4-5,18-20H2,1-3H3/t28-,29?,30-/m1/s1. The number of sulfonamides is 1. The summed E-state index contributed by atoms with van der Waals surface area (Å²) in [6.07, 6.45) is 1.88. The Kier molecular flexibility index (Phi) is 11.2. The first-order chi connectivity index (χ1) is 22.4. The minimum Gasteiger partial charge on any atom is -0.458 e. The SMILES string of the molecule is CC(=O)OC(CC[C@H]1C(=O)N(c2ccc(CCCN(C)S(C)(=O)=O)cc2)[C@@H]1c1ccc(OS(=O)(=O)C(F)(F)F)cc1)c1ccc(F)cc1. The van der Waals surface area contributed by atoms with E-state index in [0.717, 1.165) is 24.0 Å². The predicted octanol–water partition coefficient (Wildman–Crippen LogP) is 5.67. The van der Waals surface area contributed by atoms with Gasteiger partial charge in [0.2, 0.25) is 15.9 Å². The maximum Gasteiger partial charge on any atom is 0.534 e. The van der Waals surface area contributed by atoms with E-state index < -0.39 is 61.2 Å². The lowest BCUT2D eigenvalue weighted by Gasteiger charge is -2.48. The van der Waals surface area contributed by atoms with E-state index in [-0.39, 0.29) is 18.7 Å². The van der Waals surface area contributed by atoms with Gasteiger partial charge in [-0.2, -0.15) is 21.6 Å². The Hall–Kier alpha value is -4.02. The topological polar surface area (TPSA) is 127 Å². The number of carbonyl (C=O) groups excluding carboxylic acids is 2. The smallest absolute Gasteiger partial charge is 0.458 e. The summed E-state index contributed by atoms with van der Waals surface area (Å²) in [5.74, 6) is -2.56. The van der Waals surface area contributed by atoms with Crippen molar-refractivity contribution >= 4 is 37.7 Å². The fourth-order valence-corrected chi connectivity index (χ4v) is 6.31. The molecule has 0 spiro atoms. The lowest BCUT2D eigenvalue weighted by Crippen LogP contribution is -2.55. The highest BCUT2D eigenvalue weighted by molar-refractivity contribution is 7.88. The monoisotopic (exact) mass is 714 g/mol. The Bertz CT molecular complexity index is 1820. The van der Waals surface area contributed by atoms with Gasteiger partial charge in [-0.15, -0.1) is 0 Å². The van der Waals surface area contributed by atoms with Gasteiger partial charge in [0.25, 0.3) is 0 Å². The molecule has 4 rings (SSSR count). The Morgan fingerprint density at radius 3 is 2.10 bits per heavy atom. The van der Waals surface area contributed by atoms with Crippen LogP contribution in [0.5, 0.6) is 5.75 Å². The second kappa shape index (κ2) is 14.6. The van der Waals surface area contributed by atoms with Crippen LogP contribution in [-0.2, 0) is 40.9 Å². The number of carbonyl (C=O) groups is 2. The summed E-state index contributed by atoms with van der Waals surface area (Å²) >= 11 is 0. The van der Waals surface area contributed by atoms with E-state index in [1.54, 1.807) is 24.3 Å². The van der Waals surface area contributed by atoms with Crippen LogP contribution < -0.4 is 9.08 Å². The molecular formula is C32H34F4N2O8S2. The van der Waals surface area contributed by atoms with Crippen LogP contribution in [0.4, 0.5) is 23.2 Å². The van der Waals surface area contributed by atoms with Crippen molar-refractivity contribution in [3.05, 3.63) is 95.3 Å². The van der Waals surface area contributed by atoms with Gasteiger partial charge in [-0.25, -0.2) is 17.1 Å². The molecule has 10 nitrogen and oxygen atoms in total. The molecule has 48 heavy (non-hydrogen) atoms. The van der Waals surface area contributed by atoms with Gasteiger partial charge in [0.05, 0.1) is 18.2 Å². The summed E-state index contributed by atoms with van der Waals surface area (Å²) in [4.78, 5) is 27.0. The zero-order valence-corrected chi connectivity index (χ0v) is 27.8. The Morgan fingerprint density at radius 1 is 0.958 bits per heavy atom. The highest BCUT2D eigenvalue weighted by Gasteiger charge is 2.50. The quantitative estimate of drug-likeness (QED) is 0.0688. The van der Waals surface area contributed by atoms with Crippen LogP contribution in [0.25, 0.3) is 0 Å². The van der Waals surface area contributed by atoms with Crippen LogP contribution in [0.1, 0.15) is 55.0 Å². The van der Waals surface area contributed by atoms with E-state index in [0.29, 0.717) is 36.2 Å². The van der Waals surface area contributed by atoms with Gasteiger partial charge in [0.1, 0.15) is 17.7 Å². The molecule has 1 heterocycles.